The van der Waals surface area contributed by atoms with Crippen LogP contribution in [0.3, 0.4) is 0 Å². The second-order valence-corrected chi connectivity index (χ2v) is 6.47. The molecule has 3 rings (SSSR count). The Morgan fingerprint density at radius 2 is 1.90 bits per heavy atom. The fourth-order valence-corrected chi connectivity index (χ4v) is 3.63. The summed E-state index contributed by atoms with van der Waals surface area (Å²) < 4.78 is 0. The van der Waals surface area contributed by atoms with Crippen molar-refractivity contribution in [2.75, 3.05) is 13.6 Å². The molecule has 1 aliphatic heterocycles. The Kier molecular flexibility index (Phi) is 4.59. The van der Waals surface area contributed by atoms with Crippen molar-refractivity contribution in [3.05, 3.63) is 34.9 Å². The predicted molar refractivity (Wildman–Crippen MR) is 85.4 cm³/mol. The summed E-state index contributed by atoms with van der Waals surface area (Å²) in [6, 6.07) is 6.68. The minimum absolute atomic E-state index is 0.190. The van der Waals surface area contributed by atoms with Crippen molar-refractivity contribution in [2.24, 2.45) is 0 Å². The van der Waals surface area contributed by atoms with E-state index in [1.54, 1.807) is 0 Å². The molecule has 1 aromatic carbocycles. The molecule has 1 aromatic rings. The minimum atomic E-state index is 0.190. The van der Waals surface area contributed by atoms with Crippen LogP contribution in [0.25, 0.3) is 0 Å². The zero-order valence-electron chi connectivity index (χ0n) is 13.0. The van der Waals surface area contributed by atoms with E-state index < -0.39 is 0 Å². The highest BCUT2D eigenvalue weighted by atomic mass is 16.2. The first-order valence-electron chi connectivity index (χ1n) is 8.35. The lowest BCUT2D eigenvalue weighted by molar-refractivity contribution is 0.0717. The molecular formula is C18H26N2O. The second kappa shape index (κ2) is 6.61. The first-order valence-corrected chi connectivity index (χ1v) is 8.35. The van der Waals surface area contributed by atoms with Crippen LogP contribution in [0.2, 0.25) is 0 Å². The first kappa shape index (κ1) is 14.6. The molecule has 3 nitrogen and oxygen atoms in total. The Bertz CT molecular complexity index is 504. The normalized spacial score (nSPS) is 19.7. The van der Waals surface area contributed by atoms with Crippen LogP contribution in [-0.2, 0) is 13.0 Å². The van der Waals surface area contributed by atoms with E-state index in [9.17, 15) is 4.79 Å². The number of carbonyl (C=O) groups is 1. The van der Waals surface area contributed by atoms with Crippen molar-refractivity contribution in [3.8, 4) is 0 Å². The second-order valence-electron chi connectivity index (χ2n) is 6.47. The van der Waals surface area contributed by atoms with E-state index in [1.807, 2.05) is 18.0 Å². The molecular weight excluding hydrogens is 260 g/mol. The van der Waals surface area contributed by atoms with Crippen molar-refractivity contribution < 1.29 is 4.79 Å². The summed E-state index contributed by atoms with van der Waals surface area (Å²) in [5.74, 6) is 0.190. The SMILES string of the molecule is CN(C(=O)c1ccc2c(c1)CNCC2)C1CCCCCC1. The van der Waals surface area contributed by atoms with Crippen molar-refractivity contribution in [1.29, 1.82) is 0 Å². The minimum Gasteiger partial charge on any atom is -0.339 e. The summed E-state index contributed by atoms with van der Waals surface area (Å²) in [6.45, 7) is 1.94. The third-order valence-corrected chi connectivity index (χ3v) is 5.03. The van der Waals surface area contributed by atoms with Gasteiger partial charge in [-0.05, 0) is 49.1 Å². The average Bonchev–Trinajstić information content (AvgIpc) is 2.82. The molecule has 0 aromatic heterocycles. The van der Waals surface area contributed by atoms with Gasteiger partial charge in [0.2, 0.25) is 0 Å². The zero-order valence-corrected chi connectivity index (χ0v) is 13.0. The molecule has 114 valence electrons. The van der Waals surface area contributed by atoms with Crippen molar-refractivity contribution in [2.45, 2.75) is 57.5 Å². The first-order chi connectivity index (χ1) is 10.3. The molecule has 1 saturated carbocycles. The predicted octanol–water partition coefficient (Wildman–Crippen LogP) is 3.13. The molecule has 1 heterocycles. The van der Waals surface area contributed by atoms with E-state index in [4.69, 9.17) is 0 Å². The number of rotatable bonds is 2. The molecule has 21 heavy (non-hydrogen) atoms. The number of nitrogens with zero attached hydrogens (tertiary/aromatic N) is 1. The summed E-state index contributed by atoms with van der Waals surface area (Å²) in [7, 11) is 1.98. The van der Waals surface area contributed by atoms with Crippen LogP contribution in [0.15, 0.2) is 18.2 Å². The van der Waals surface area contributed by atoms with Crippen LogP contribution in [0, 0.1) is 0 Å². The molecule has 1 N–H and O–H groups in total. The van der Waals surface area contributed by atoms with Gasteiger partial charge in [0.1, 0.15) is 0 Å². The number of nitrogens with one attached hydrogen (secondary N) is 1. The lowest BCUT2D eigenvalue weighted by atomic mass is 9.97. The molecule has 1 aliphatic carbocycles. The van der Waals surface area contributed by atoms with E-state index in [1.165, 1.54) is 36.8 Å². The molecule has 3 heteroatoms. The van der Waals surface area contributed by atoms with Crippen molar-refractivity contribution >= 4 is 5.91 Å². The Balaban J connectivity index is 1.74. The maximum Gasteiger partial charge on any atom is 0.253 e. The summed E-state index contributed by atoms with van der Waals surface area (Å²) >= 11 is 0. The number of carbonyl (C=O) groups excluding carboxylic acids is 1. The van der Waals surface area contributed by atoms with E-state index in [0.717, 1.165) is 37.9 Å². The molecule has 0 spiro atoms. The van der Waals surface area contributed by atoms with Crippen LogP contribution in [-0.4, -0.2) is 30.4 Å². The highest BCUT2D eigenvalue weighted by molar-refractivity contribution is 5.94. The maximum absolute atomic E-state index is 12.7. The standard InChI is InChI=1S/C18H26N2O/c1-20(17-6-4-2-3-5-7-17)18(21)15-9-8-14-10-11-19-13-16(14)12-15/h8-9,12,17,19H,2-7,10-11,13H2,1H3. The Hall–Kier alpha value is -1.35. The van der Waals surface area contributed by atoms with Crippen LogP contribution in [0.1, 0.15) is 60.0 Å². The Morgan fingerprint density at radius 3 is 2.67 bits per heavy atom. The highest BCUT2D eigenvalue weighted by Gasteiger charge is 2.23. The van der Waals surface area contributed by atoms with Gasteiger partial charge >= 0.3 is 0 Å². The van der Waals surface area contributed by atoms with Crippen LogP contribution >= 0.6 is 0 Å². The van der Waals surface area contributed by atoms with Crippen molar-refractivity contribution in [3.63, 3.8) is 0 Å². The lowest BCUT2D eigenvalue weighted by Crippen LogP contribution is -2.37. The summed E-state index contributed by atoms with van der Waals surface area (Å²) in [5.41, 5.74) is 3.54. The van der Waals surface area contributed by atoms with Gasteiger partial charge in [-0.25, -0.2) is 0 Å². The van der Waals surface area contributed by atoms with E-state index >= 15 is 0 Å². The largest absolute Gasteiger partial charge is 0.339 e. The average molecular weight is 286 g/mol. The van der Waals surface area contributed by atoms with Gasteiger partial charge in [0, 0.05) is 25.2 Å². The quantitative estimate of drug-likeness (QED) is 0.847. The summed E-state index contributed by atoms with van der Waals surface area (Å²) in [5, 5.41) is 3.38. The molecule has 0 unspecified atom stereocenters. The number of hydrogen-bond donors (Lipinski definition) is 1. The van der Waals surface area contributed by atoms with Crippen molar-refractivity contribution in [1.82, 2.24) is 10.2 Å². The fourth-order valence-electron chi connectivity index (χ4n) is 3.63. The number of amides is 1. The molecule has 0 bridgehead atoms. The van der Waals surface area contributed by atoms with Crippen LogP contribution in [0.5, 0.6) is 0 Å². The van der Waals surface area contributed by atoms with Gasteiger partial charge in [-0.3, -0.25) is 4.79 Å². The van der Waals surface area contributed by atoms with E-state index in [2.05, 4.69) is 17.4 Å². The number of benzene rings is 1. The maximum atomic E-state index is 12.7. The summed E-state index contributed by atoms with van der Waals surface area (Å²) in [4.78, 5) is 14.7. The topological polar surface area (TPSA) is 32.3 Å². The fraction of sp³-hybridized carbons (Fsp3) is 0.611. The molecule has 1 amide bonds. The summed E-state index contributed by atoms with van der Waals surface area (Å²) in [6.07, 6.45) is 8.56. The third kappa shape index (κ3) is 3.29. The molecule has 0 radical (unpaired) electrons. The van der Waals surface area contributed by atoms with E-state index in [0.29, 0.717) is 6.04 Å². The molecule has 0 atom stereocenters. The third-order valence-electron chi connectivity index (χ3n) is 5.03. The molecule has 2 aliphatic rings. The Morgan fingerprint density at radius 1 is 1.14 bits per heavy atom. The van der Waals surface area contributed by atoms with E-state index in [-0.39, 0.29) is 5.91 Å². The number of hydrogen-bond acceptors (Lipinski definition) is 2. The molecule has 1 fully saturated rings. The van der Waals surface area contributed by atoms with Gasteiger partial charge < -0.3 is 10.2 Å². The zero-order chi connectivity index (χ0) is 14.7. The van der Waals surface area contributed by atoms with Gasteiger partial charge in [0.25, 0.3) is 5.91 Å². The van der Waals surface area contributed by atoms with Gasteiger partial charge in [-0.1, -0.05) is 31.7 Å². The van der Waals surface area contributed by atoms with Crippen LogP contribution in [0.4, 0.5) is 0 Å². The number of fused-ring (bicyclic) bond motifs is 1. The lowest BCUT2D eigenvalue weighted by Gasteiger charge is -2.28. The smallest absolute Gasteiger partial charge is 0.253 e. The van der Waals surface area contributed by atoms with Crippen LogP contribution < -0.4 is 5.32 Å². The highest BCUT2D eigenvalue weighted by Crippen LogP contribution is 2.23. The molecule has 0 saturated heterocycles. The van der Waals surface area contributed by atoms with Gasteiger partial charge in [-0.2, -0.15) is 0 Å². The Labute approximate surface area is 127 Å². The van der Waals surface area contributed by atoms with Gasteiger partial charge in [0.05, 0.1) is 0 Å². The monoisotopic (exact) mass is 286 g/mol. The van der Waals surface area contributed by atoms with Gasteiger partial charge in [-0.15, -0.1) is 0 Å². The van der Waals surface area contributed by atoms with Gasteiger partial charge in [0.15, 0.2) is 0 Å².